The lowest BCUT2D eigenvalue weighted by Crippen LogP contribution is -2.02. The number of phenols is 3. The summed E-state index contributed by atoms with van der Waals surface area (Å²) in [5.41, 5.74) is -5.36. The predicted octanol–water partition coefficient (Wildman–Crippen LogP) is 6.50. The molecule has 0 bridgehead atoms. The van der Waals surface area contributed by atoms with Crippen LogP contribution in [0, 0.1) is 10.1 Å². The van der Waals surface area contributed by atoms with Gasteiger partial charge in [0.1, 0.15) is 59.5 Å². The number of rotatable bonds is 13. The summed E-state index contributed by atoms with van der Waals surface area (Å²) in [5.74, 6) is -2.94. The van der Waals surface area contributed by atoms with Crippen LogP contribution in [-0.4, -0.2) is 78.7 Å². The molecule has 5 aromatic carbocycles. The summed E-state index contributed by atoms with van der Waals surface area (Å²) >= 11 is 0. The zero-order valence-corrected chi connectivity index (χ0v) is 32.2. The maximum atomic E-state index is 12.5. The lowest BCUT2D eigenvalue weighted by atomic mass is 10.1. The van der Waals surface area contributed by atoms with Gasteiger partial charge in [0.2, 0.25) is 0 Å². The molecule has 0 radical (unpaired) electrons. The minimum absolute atomic E-state index is 0.0825. The van der Waals surface area contributed by atoms with Gasteiger partial charge >= 0.3 is 0 Å². The molecule has 0 aliphatic carbocycles. The van der Waals surface area contributed by atoms with Crippen molar-refractivity contribution in [3.05, 3.63) is 76.8 Å². The number of non-ortho nitro benzene ring substituents is 1. The highest BCUT2D eigenvalue weighted by Crippen LogP contribution is 2.50. The summed E-state index contributed by atoms with van der Waals surface area (Å²) in [5, 5.41) is 63.5. The third-order valence-corrected chi connectivity index (χ3v) is 11.0. The Kier molecular flexibility index (Phi) is 11.8. The number of nitro benzene ring substituents is 1. The molecule has 5 aromatic rings. The molecule has 25 nitrogen and oxygen atoms in total. The van der Waals surface area contributed by atoms with Gasteiger partial charge in [-0.1, -0.05) is 0 Å². The van der Waals surface area contributed by atoms with Gasteiger partial charge in [-0.25, -0.2) is 0 Å². The monoisotopic (exact) mass is 897 g/mol. The van der Waals surface area contributed by atoms with Crippen molar-refractivity contribution in [2.75, 3.05) is 6.61 Å². The van der Waals surface area contributed by atoms with Crippen molar-refractivity contribution in [2.45, 2.75) is 26.5 Å². The molecule has 310 valence electrons. The molecule has 29 heteroatoms. The molecule has 0 aliphatic heterocycles. The number of aromatic hydroxyl groups is 3. The van der Waals surface area contributed by atoms with Crippen LogP contribution in [0.4, 0.5) is 39.8 Å². The van der Waals surface area contributed by atoms with Gasteiger partial charge < -0.3 is 20.1 Å². The number of ether oxygens (including phenoxy) is 1. The highest BCUT2D eigenvalue weighted by atomic mass is 32.2. The lowest BCUT2D eigenvalue weighted by Gasteiger charge is -2.13. The number of benzene rings is 5. The molecule has 0 saturated heterocycles. The van der Waals surface area contributed by atoms with Crippen molar-refractivity contribution in [1.29, 1.82) is 0 Å². The second kappa shape index (κ2) is 16.0. The quantitative estimate of drug-likeness (QED) is 0.0287. The molecule has 5 rings (SSSR count). The molecular weight excluding hydrogens is 875 g/mol. The second-order valence-corrected chi connectivity index (χ2v) is 16.9. The van der Waals surface area contributed by atoms with Gasteiger partial charge in [0.15, 0.2) is 11.5 Å². The maximum Gasteiger partial charge on any atom is 0.297 e. The number of hydrogen-bond acceptors (Lipinski definition) is 20. The van der Waals surface area contributed by atoms with Gasteiger partial charge in [0.25, 0.3) is 46.2 Å². The lowest BCUT2D eigenvalue weighted by molar-refractivity contribution is -0.385. The molecule has 0 saturated carbocycles. The summed E-state index contributed by atoms with van der Waals surface area (Å²) in [6.07, 6.45) is 0. The zero-order chi connectivity index (χ0) is 43.8. The Morgan fingerprint density at radius 1 is 0.576 bits per heavy atom. The molecule has 0 aliphatic rings. The largest absolute Gasteiger partial charge is 0.505 e. The molecule has 0 heterocycles. The Hall–Kier alpha value is -6.60. The van der Waals surface area contributed by atoms with Crippen molar-refractivity contribution in [3.63, 3.8) is 0 Å². The van der Waals surface area contributed by atoms with E-state index in [2.05, 4.69) is 30.7 Å². The second-order valence-electron chi connectivity index (χ2n) is 11.4. The van der Waals surface area contributed by atoms with Crippen LogP contribution in [-0.2, 0) is 40.5 Å². The molecule has 0 atom stereocenters. The van der Waals surface area contributed by atoms with Crippen molar-refractivity contribution in [3.8, 4) is 23.0 Å². The summed E-state index contributed by atoms with van der Waals surface area (Å²) in [6.45, 7) is 2.01. The van der Waals surface area contributed by atoms with E-state index in [1.54, 1.807) is 6.92 Å². The Balaban J connectivity index is 1.69. The number of nitrogens with zero attached hydrogens (tertiary/aromatic N) is 7. The number of fused-ring (bicyclic) bond motifs is 1. The summed E-state index contributed by atoms with van der Waals surface area (Å²) in [4.78, 5) is 5.14. The Bertz CT molecular complexity index is 3140. The average Bonchev–Trinajstić information content (AvgIpc) is 3.12. The first-order valence-corrected chi connectivity index (χ1v) is 21.2. The number of phenolic OH excluding ortho intramolecular Hbond substituents is 3. The molecule has 0 aromatic heterocycles. The molecule has 59 heavy (non-hydrogen) atoms. The third-order valence-electron chi connectivity index (χ3n) is 7.51. The van der Waals surface area contributed by atoms with E-state index in [4.69, 9.17) is 4.74 Å². The summed E-state index contributed by atoms with van der Waals surface area (Å²) in [6, 6.07) is 9.21. The first-order chi connectivity index (χ1) is 27.3. The fraction of sp³-hybridized carbons (Fsp3) is 0.0667. The van der Waals surface area contributed by atoms with Crippen LogP contribution in [0.1, 0.15) is 6.92 Å². The minimum Gasteiger partial charge on any atom is -0.505 e. The fourth-order valence-corrected chi connectivity index (χ4v) is 7.57. The smallest absolute Gasteiger partial charge is 0.297 e. The van der Waals surface area contributed by atoms with E-state index in [0.29, 0.717) is 42.7 Å². The Morgan fingerprint density at radius 3 is 1.49 bits per heavy atom. The van der Waals surface area contributed by atoms with E-state index in [9.17, 15) is 77.3 Å². The van der Waals surface area contributed by atoms with Crippen LogP contribution < -0.4 is 4.74 Å². The van der Waals surface area contributed by atoms with Crippen molar-refractivity contribution in [2.24, 2.45) is 30.7 Å². The van der Waals surface area contributed by atoms with E-state index >= 15 is 0 Å². The van der Waals surface area contributed by atoms with E-state index < -0.39 is 116 Å². The number of hydrogen-bond donors (Lipinski definition) is 7. The molecule has 0 unspecified atom stereocenters. The van der Waals surface area contributed by atoms with Crippen LogP contribution in [0.25, 0.3) is 10.8 Å². The molecule has 0 spiro atoms. The van der Waals surface area contributed by atoms with Gasteiger partial charge in [-0.3, -0.25) is 28.3 Å². The molecule has 0 amide bonds. The van der Waals surface area contributed by atoms with Gasteiger partial charge in [0.05, 0.1) is 22.6 Å². The molecule has 7 N–H and O–H groups in total. The third kappa shape index (κ3) is 9.58. The standard InChI is InChI=1S/C30H23N7O18S4/c1-2-55-17-5-8-18(21(38)13-17)32-31-15-3-6-19(22(11-15)56(43,44)45)33-35-27-24(58(49,50)51)9-14-10-25(59(52,53)54)28(30(40)26(14)29(27)39)36-34-20-7-4-16(37(41)42)12-23(20)57(46,47)48/h3-13,38-40H,2H2,1H3,(H,43,44,45)(H,46,47,48)(H,49,50,51)(H,52,53,54). The molecule has 0 fully saturated rings. The average molecular weight is 898 g/mol. The topological polar surface area (TPSA) is 405 Å². The Morgan fingerprint density at radius 2 is 1.03 bits per heavy atom. The van der Waals surface area contributed by atoms with Gasteiger partial charge in [-0.15, -0.1) is 25.6 Å². The van der Waals surface area contributed by atoms with Crippen LogP contribution in [0.5, 0.6) is 23.0 Å². The minimum atomic E-state index is -5.49. The van der Waals surface area contributed by atoms with Gasteiger partial charge in [0, 0.05) is 18.2 Å². The fourth-order valence-electron chi connectivity index (χ4n) is 4.97. The van der Waals surface area contributed by atoms with Crippen LogP contribution in [0.3, 0.4) is 0 Å². The maximum absolute atomic E-state index is 12.5. The van der Waals surface area contributed by atoms with Crippen LogP contribution in [0.2, 0.25) is 0 Å². The Labute approximate surface area is 330 Å². The van der Waals surface area contributed by atoms with Crippen LogP contribution in [0.15, 0.2) is 117 Å². The van der Waals surface area contributed by atoms with E-state index in [0.717, 1.165) is 18.2 Å². The summed E-state index contributed by atoms with van der Waals surface area (Å²) in [7, 11) is -21.5. The zero-order valence-electron chi connectivity index (χ0n) is 28.9. The van der Waals surface area contributed by atoms with Crippen molar-refractivity contribution >= 4 is 91.1 Å². The predicted molar refractivity (Wildman–Crippen MR) is 198 cm³/mol. The first kappa shape index (κ1) is 43.5. The number of nitro groups is 1. The van der Waals surface area contributed by atoms with Gasteiger partial charge in [-0.2, -0.15) is 38.8 Å². The van der Waals surface area contributed by atoms with E-state index in [1.807, 2.05) is 0 Å². The highest BCUT2D eigenvalue weighted by molar-refractivity contribution is 7.86. The summed E-state index contributed by atoms with van der Waals surface area (Å²) < 4.78 is 143. The normalized spacial score (nSPS) is 12.9. The number of azo groups is 3. The molecular formula is C30H23N7O18S4. The first-order valence-electron chi connectivity index (χ1n) is 15.4. The SMILES string of the molecule is CCOc1ccc(N=Nc2ccc(N=Nc3c(S(=O)(=O)O)cc4cc(S(=O)(=O)O)c(N=Nc5ccc([N+](=O)[O-])cc5S(=O)(=O)O)c(O)c4c3O)c(S(=O)(=O)O)c2)c(O)c1. The van der Waals surface area contributed by atoms with E-state index in [1.165, 1.54) is 18.2 Å². The van der Waals surface area contributed by atoms with Gasteiger partial charge in [-0.05, 0) is 60.8 Å². The van der Waals surface area contributed by atoms with Crippen molar-refractivity contribution < 1.29 is 76.9 Å². The van der Waals surface area contributed by atoms with Crippen molar-refractivity contribution in [1.82, 2.24) is 0 Å². The highest BCUT2D eigenvalue weighted by Gasteiger charge is 2.30. The van der Waals surface area contributed by atoms with Crippen LogP contribution >= 0.6 is 0 Å². The van der Waals surface area contributed by atoms with E-state index in [-0.39, 0.29) is 17.1 Å².